The fourth-order valence-electron chi connectivity index (χ4n) is 8.27. The summed E-state index contributed by atoms with van der Waals surface area (Å²) in [7, 11) is -1.72. The van der Waals surface area contributed by atoms with Crippen LogP contribution >= 0.6 is 0 Å². The average molecular weight is 800 g/mol. The number of oxazole rings is 1. The molecule has 6 aromatic carbocycles. The van der Waals surface area contributed by atoms with Crippen molar-refractivity contribution >= 4 is 41.1 Å². The highest BCUT2D eigenvalue weighted by atomic mass is 28.3. The largest absolute Gasteiger partial charge is 0.507 e. The highest BCUT2D eigenvalue weighted by molar-refractivity contribution is 6.88. The lowest BCUT2D eigenvalue weighted by Gasteiger charge is -2.22. The highest BCUT2D eigenvalue weighted by Gasteiger charge is 2.28. The van der Waals surface area contributed by atoms with E-state index in [9.17, 15) is 5.11 Å². The Balaban J connectivity index is 1.27. The molecular formula is C52H45N5O2Si. The molecule has 1 N–H and O–H groups in total. The molecule has 0 unspecified atom stereocenters. The van der Waals surface area contributed by atoms with Crippen LogP contribution in [0.2, 0.25) is 19.6 Å². The number of phenols is 1. The zero-order chi connectivity index (χ0) is 41.3. The Bertz CT molecular complexity index is 3240. The zero-order valence-electron chi connectivity index (χ0n) is 34.6. The molecule has 10 rings (SSSR count). The number of rotatable bonds is 7. The van der Waals surface area contributed by atoms with E-state index in [-0.39, 0.29) is 11.2 Å². The van der Waals surface area contributed by atoms with Crippen molar-refractivity contribution in [1.29, 1.82) is 0 Å². The lowest BCUT2D eigenvalue weighted by atomic mass is 9.83. The normalized spacial score (nSPS) is 12.2. The molecule has 0 atom stereocenters. The minimum absolute atomic E-state index is 0.0759. The van der Waals surface area contributed by atoms with Crippen LogP contribution in [0, 0.1) is 0 Å². The van der Waals surface area contributed by atoms with Gasteiger partial charge in [0.05, 0.1) is 42.2 Å². The molecule has 0 bridgehead atoms. The van der Waals surface area contributed by atoms with Crippen molar-refractivity contribution in [3.05, 3.63) is 164 Å². The summed E-state index contributed by atoms with van der Waals surface area (Å²) in [5, 5.41) is 13.3. The second-order valence-corrected chi connectivity index (χ2v) is 22.7. The zero-order valence-corrected chi connectivity index (χ0v) is 35.6. The van der Waals surface area contributed by atoms with E-state index in [1.54, 1.807) is 18.6 Å². The van der Waals surface area contributed by atoms with E-state index < -0.39 is 8.07 Å². The van der Waals surface area contributed by atoms with E-state index in [1.165, 1.54) is 10.8 Å². The van der Waals surface area contributed by atoms with Crippen molar-refractivity contribution in [1.82, 2.24) is 23.9 Å². The number of para-hydroxylation sites is 1. The first-order chi connectivity index (χ1) is 28.9. The molecule has 0 aliphatic rings. The quantitative estimate of drug-likeness (QED) is 0.162. The highest BCUT2D eigenvalue weighted by Crippen LogP contribution is 2.44. The molecule has 60 heavy (non-hydrogen) atoms. The number of pyridine rings is 1. The van der Waals surface area contributed by atoms with Crippen LogP contribution in [0.25, 0.3) is 89.6 Å². The van der Waals surface area contributed by atoms with Gasteiger partial charge in [0.2, 0.25) is 5.71 Å². The Morgan fingerprint density at radius 2 is 1.40 bits per heavy atom. The van der Waals surface area contributed by atoms with Gasteiger partial charge in [0.1, 0.15) is 17.6 Å². The molecule has 0 spiro atoms. The Labute approximate surface area is 350 Å². The van der Waals surface area contributed by atoms with Gasteiger partial charge in [-0.15, -0.1) is 0 Å². The van der Waals surface area contributed by atoms with Crippen molar-refractivity contribution in [2.75, 3.05) is 0 Å². The number of phenolic OH excluding ortho intramolecular Hbond substituents is 1. The lowest BCUT2D eigenvalue weighted by molar-refractivity contribution is 0.476. The third-order valence-corrected chi connectivity index (χ3v) is 13.6. The van der Waals surface area contributed by atoms with E-state index in [1.807, 2.05) is 22.7 Å². The predicted molar refractivity (Wildman–Crippen MR) is 248 cm³/mol. The number of aromatic hydroxyl groups is 1. The monoisotopic (exact) mass is 799 g/mol. The lowest BCUT2D eigenvalue weighted by Crippen LogP contribution is -2.37. The molecule has 0 radical (unpaired) electrons. The molecule has 0 saturated heterocycles. The van der Waals surface area contributed by atoms with E-state index in [4.69, 9.17) is 14.4 Å². The molecule has 7 nitrogen and oxygen atoms in total. The van der Waals surface area contributed by atoms with Crippen LogP contribution in [0.4, 0.5) is 0 Å². The van der Waals surface area contributed by atoms with Crippen LogP contribution < -0.4 is 5.19 Å². The van der Waals surface area contributed by atoms with Crippen molar-refractivity contribution in [3.63, 3.8) is 0 Å². The molecule has 8 heteroatoms. The van der Waals surface area contributed by atoms with Gasteiger partial charge in [0.25, 0.3) is 0 Å². The molecule has 294 valence electrons. The summed E-state index contributed by atoms with van der Waals surface area (Å²) in [6, 6.07) is 48.8. The molecule has 4 aromatic heterocycles. The summed E-state index contributed by atoms with van der Waals surface area (Å²) in [6.07, 6.45) is 5.32. The second-order valence-electron chi connectivity index (χ2n) is 17.6. The topological polar surface area (TPSA) is 81.4 Å². The van der Waals surface area contributed by atoms with Crippen LogP contribution in [0.3, 0.4) is 0 Å². The summed E-state index contributed by atoms with van der Waals surface area (Å²) in [5.74, 6) is 0.653. The number of fused-ring (bicyclic) bond motifs is 4. The molecule has 4 heterocycles. The first kappa shape index (κ1) is 37.3. The van der Waals surface area contributed by atoms with Gasteiger partial charge in [-0.1, -0.05) is 137 Å². The fourth-order valence-corrected chi connectivity index (χ4v) is 9.43. The number of imidazole rings is 2. The first-order valence-corrected chi connectivity index (χ1v) is 23.9. The minimum atomic E-state index is -1.72. The van der Waals surface area contributed by atoms with Crippen LogP contribution in [0.1, 0.15) is 26.3 Å². The molecule has 0 fully saturated rings. The Morgan fingerprint density at radius 3 is 2.15 bits per heavy atom. The minimum Gasteiger partial charge on any atom is -0.507 e. The van der Waals surface area contributed by atoms with E-state index in [2.05, 4.69) is 171 Å². The van der Waals surface area contributed by atoms with Crippen LogP contribution in [-0.2, 0) is 5.41 Å². The van der Waals surface area contributed by atoms with Crippen molar-refractivity contribution < 1.29 is 9.52 Å². The molecule has 10 aromatic rings. The van der Waals surface area contributed by atoms with Gasteiger partial charge in [0.15, 0.2) is 11.4 Å². The summed E-state index contributed by atoms with van der Waals surface area (Å²) < 4.78 is 10.6. The van der Waals surface area contributed by atoms with Gasteiger partial charge < -0.3 is 9.52 Å². The fraction of sp³-hybridized carbons (Fsp3) is 0.135. The third-order valence-electron chi connectivity index (χ3n) is 11.6. The molecular weight excluding hydrogens is 755 g/mol. The summed E-state index contributed by atoms with van der Waals surface area (Å²) in [4.78, 5) is 14.8. The van der Waals surface area contributed by atoms with Gasteiger partial charge in [-0.2, -0.15) is 0 Å². The van der Waals surface area contributed by atoms with Crippen LogP contribution in [0.15, 0.2) is 163 Å². The molecule has 0 aliphatic heterocycles. The predicted octanol–water partition coefficient (Wildman–Crippen LogP) is 12.7. The number of nitrogens with zero attached hydrogens (tertiary/aromatic N) is 5. The van der Waals surface area contributed by atoms with Crippen LogP contribution in [0.5, 0.6) is 5.75 Å². The second kappa shape index (κ2) is 14.1. The number of aromatic nitrogens is 5. The maximum absolute atomic E-state index is 11.9. The number of hydrogen-bond donors (Lipinski definition) is 1. The average Bonchev–Trinajstić information content (AvgIpc) is 3.97. The summed E-state index contributed by atoms with van der Waals surface area (Å²) in [5.41, 5.74) is 14.5. The summed E-state index contributed by atoms with van der Waals surface area (Å²) >= 11 is 0. The summed E-state index contributed by atoms with van der Waals surface area (Å²) in [6.45, 7) is 13.9. The molecule has 0 amide bonds. The Morgan fingerprint density at radius 1 is 0.650 bits per heavy atom. The van der Waals surface area contributed by atoms with Crippen molar-refractivity contribution in [2.45, 2.75) is 45.8 Å². The van der Waals surface area contributed by atoms with Gasteiger partial charge in [-0.3, -0.25) is 14.0 Å². The van der Waals surface area contributed by atoms with E-state index in [0.717, 1.165) is 66.9 Å². The standard InChI is InChI=1S/C52H45N5O2Si/c1-52(2,3)38-27-36(26-37(28-38)42-29-35(24-25-54-42)33-14-9-7-10-15-33)40-18-13-19-44-49(40)55-51(48-46(58)23-22-45-50(48)59-47-31-53-32-56(45)47)57(44)43-21-20-39(60(4,5)6)30-41(43)34-16-11-8-12-17-34/h7-32,58H,1-6H3. The van der Waals surface area contributed by atoms with Gasteiger partial charge >= 0.3 is 0 Å². The smallest absolute Gasteiger partial charge is 0.224 e. The van der Waals surface area contributed by atoms with Crippen molar-refractivity contribution in [3.8, 4) is 67.5 Å². The maximum Gasteiger partial charge on any atom is 0.224 e. The Kier molecular flexibility index (Phi) is 8.73. The molecule has 0 aliphatic carbocycles. The third kappa shape index (κ3) is 6.40. The van der Waals surface area contributed by atoms with Crippen LogP contribution in [-0.4, -0.2) is 37.1 Å². The van der Waals surface area contributed by atoms with Gasteiger partial charge in [-0.25, -0.2) is 9.97 Å². The first-order valence-electron chi connectivity index (χ1n) is 20.4. The maximum atomic E-state index is 11.9. The Hall–Kier alpha value is -7.03. The van der Waals surface area contributed by atoms with Crippen molar-refractivity contribution in [2.24, 2.45) is 0 Å². The molecule has 0 saturated carbocycles. The van der Waals surface area contributed by atoms with E-state index in [0.29, 0.717) is 22.7 Å². The van der Waals surface area contributed by atoms with Gasteiger partial charge in [-0.05, 0) is 81.8 Å². The number of hydrogen-bond acceptors (Lipinski definition) is 5. The number of benzene rings is 6. The SMILES string of the molecule is CC(C)(C)c1cc(-c2cc(-c3ccccc3)ccn2)cc(-c2cccc3c2nc(-c2c(O)ccc4c2oc2cncn24)n3-c2ccc([Si](C)(C)C)cc2-c2ccccc2)c1. The van der Waals surface area contributed by atoms with Gasteiger partial charge in [0, 0.05) is 22.9 Å². The van der Waals surface area contributed by atoms with E-state index >= 15 is 0 Å².